The third kappa shape index (κ3) is 4.06. The van der Waals surface area contributed by atoms with Crippen LogP contribution in [0.1, 0.15) is 36.9 Å². The number of carboxylic acids is 1. The number of pyridine rings is 1. The van der Waals surface area contributed by atoms with Crippen LogP contribution in [-0.4, -0.2) is 41.9 Å². The minimum atomic E-state index is -3.66. The van der Waals surface area contributed by atoms with E-state index in [-0.39, 0.29) is 22.8 Å². The van der Waals surface area contributed by atoms with Gasteiger partial charge in [-0.1, -0.05) is 0 Å². The van der Waals surface area contributed by atoms with Crippen molar-refractivity contribution in [3.05, 3.63) is 23.5 Å². The van der Waals surface area contributed by atoms with E-state index in [1.54, 1.807) is 6.92 Å². The van der Waals surface area contributed by atoms with Crippen LogP contribution in [0.25, 0.3) is 0 Å². The van der Waals surface area contributed by atoms with E-state index in [0.29, 0.717) is 38.0 Å². The predicted molar refractivity (Wildman–Crippen MR) is 82.0 cm³/mol. The second-order valence-corrected chi connectivity index (χ2v) is 7.63. The van der Waals surface area contributed by atoms with Crippen molar-refractivity contribution < 1.29 is 18.3 Å². The molecule has 0 radical (unpaired) electrons. The van der Waals surface area contributed by atoms with Gasteiger partial charge in [0.2, 0.25) is 10.0 Å². The summed E-state index contributed by atoms with van der Waals surface area (Å²) < 4.78 is 26.6. The van der Waals surface area contributed by atoms with E-state index in [9.17, 15) is 13.2 Å². The van der Waals surface area contributed by atoms with Crippen molar-refractivity contribution in [3.8, 4) is 6.07 Å². The molecule has 23 heavy (non-hydrogen) atoms. The monoisotopic (exact) mass is 337 g/mol. The van der Waals surface area contributed by atoms with E-state index in [0.717, 1.165) is 0 Å². The molecule has 8 heteroatoms. The summed E-state index contributed by atoms with van der Waals surface area (Å²) in [5.74, 6) is -0.585. The first-order valence-electron chi connectivity index (χ1n) is 7.43. The van der Waals surface area contributed by atoms with Crippen LogP contribution in [-0.2, 0) is 14.8 Å². The van der Waals surface area contributed by atoms with E-state index in [4.69, 9.17) is 10.4 Å². The quantitative estimate of drug-likeness (QED) is 0.872. The number of nitriles is 1. The molecule has 0 bridgehead atoms. The van der Waals surface area contributed by atoms with Crippen molar-refractivity contribution in [1.82, 2.24) is 9.29 Å². The number of hydrogen-bond donors (Lipinski definition) is 1. The molecule has 1 aliphatic heterocycles. The minimum absolute atomic E-state index is 0.0311. The van der Waals surface area contributed by atoms with E-state index >= 15 is 0 Å². The smallest absolute Gasteiger partial charge is 0.303 e. The van der Waals surface area contributed by atoms with E-state index in [1.807, 2.05) is 6.07 Å². The van der Waals surface area contributed by atoms with Gasteiger partial charge in [-0.2, -0.15) is 9.57 Å². The molecular weight excluding hydrogens is 318 g/mol. The summed E-state index contributed by atoms with van der Waals surface area (Å²) in [6.45, 7) is 2.38. The maximum Gasteiger partial charge on any atom is 0.303 e. The summed E-state index contributed by atoms with van der Waals surface area (Å²) in [4.78, 5) is 14.6. The Balaban J connectivity index is 2.07. The highest BCUT2D eigenvalue weighted by molar-refractivity contribution is 7.89. The highest BCUT2D eigenvalue weighted by Crippen LogP contribution is 2.26. The van der Waals surface area contributed by atoms with Crippen LogP contribution in [0, 0.1) is 24.2 Å². The molecule has 0 saturated carbocycles. The van der Waals surface area contributed by atoms with Gasteiger partial charge in [0.1, 0.15) is 11.0 Å². The van der Waals surface area contributed by atoms with Gasteiger partial charge in [0, 0.05) is 25.7 Å². The minimum Gasteiger partial charge on any atom is -0.481 e. The number of aromatic nitrogens is 1. The standard InChI is InChI=1S/C15H19N3O4S/c1-11-13(9-16)8-14(10-17-11)23(21,22)18-6-4-12(5-7-18)2-3-15(19)20/h8,10,12H,2-7H2,1H3,(H,19,20). The number of aliphatic carboxylic acids is 1. The van der Waals surface area contributed by atoms with Crippen LogP contribution in [0.15, 0.2) is 17.2 Å². The van der Waals surface area contributed by atoms with Crippen molar-refractivity contribution in [2.75, 3.05) is 13.1 Å². The van der Waals surface area contributed by atoms with Gasteiger partial charge in [0.25, 0.3) is 0 Å². The van der Waals surface area contributed by atoms with Crippen molar-refractivity contribution in [2.24, 2.45) is 5.92 Å². The van der Waals surface area contributed by atoms with E-state index < -0.39 is 16.0 Å². The Morgan fingerprint density at radius 1 is 1.48 bits per heavy atom. The Kier molecular flexibility index (Phi) is 5.34. The number of nitrogens with zero attached hydrogens (tertiary/aromatic N) is 3. The number of aryl methyl sites for hydroxylation is 1. The molecule has 0 amide bonds. The van der Waals surface area contributed by atoms with Gasteiger partial charge in [-0.25, -0.2) is 8.42 Å². The first-order chi connectivity index (χ1) is 10.8. The molecule has 2 rings (SSSR count). The summed E-state index contributed by atoms with van der Waals surface area (Å²) in [6.07, 6.45) is 3.27. The maximum absolute atomic E-state index is 12.6. The van der Waals surface area contributed by atoms with Gasteiger partial charge in [-0.15, -0.1) is 0 Å². The lowest BCUT2D eigenvalue weighted by atomic mass is 9.93. The molecule has 1 aromatic rings. The molecule has 0 atom stereocenters. The molecular formula is C15H19N3O4S. The number of hydrogen-bond acceptors (Lipinski definition) is 5. The molecule has 1 N–H and O–H groups in total. The lowest BCUT2D eigenvalue weighted by Gasteiger charge is -2.31. The lowest BCUT2D eigenvalue weighted by molar-refractivity contribution is -0.137. The fraction of sp³-hybridized carbons (Fsp3) is 0.533. The van der Waals surface area contributed by atoms with Crippen LogP contribution in [0.4, 0.5) is 0 Å². The van der Waals surface area contributed by atoms with E-state index in [1.165, 1.54) is 16.6 Å². The normalized spacial score (nSPS) is 16.9. The number of carboxylic acid groups (broad SMARTS) is 1. The highest BCUT2D eigenvalue weighted by Gasteiger charge is 2.30. The maximum atomic E-state index is 12.6. The molecule has 124 valence electrons. The van der Waals surface area contributed by atoms with Crippen LogP contribution in [0.2, 0.25) is 0 Å². The van der Waals surface area contributed by atoms with Crippen LogP contribution >= 0.6 is 0 Å². The number of carbonyl (C=O) groups is 1. The third-order valence-electron chi connectivity index (χ3n) is 4.16. The summed E-state index contributed by atoms with van der Waals surface area (Å²) in [5.41, 5.74) is 0.751. The van der Waals surface area contributed by atoms with Crippen molar-refractivity contribution >= 4 is 16.0 Å². The largest absolute Gasteiger partial charge is 0.481 e. The Bertz CT molecular complexity index is 732. The van der Waals surface area contributed by atoms with Crippen LogP contribution in [0.5, 0.6) is 0 Å². The summed E-state index contributed by atoms with van der Waals surface area (Å²) in [5, 5.41) is 17.7. The third-order valence-corrected chi connectivity index (χ3v) is 6.02. The summed E-state index contributed by atoms with van der Waals surface area (Å²) >= 11 is 0. The molecule has 0 aromatic carbocycles. The summed E-state index contributed by atoms with van der Waals surface area (Å²) in [6, 6.07) is 3.30. The van der Waals surface area contributed by atoms with E-state index in [2.05, 4.69) is 4.98 Å². The fourth-order valence-electron chi connectivity index (χ4n) is 2.68. The molecule has 0 aliphatic carbocycles. The average Bonchev–Trinajstić information content (AvgIpc) is 2.53. The number of rotatable bonds is 5. The van der Waals surface area contributed by atoms with Crippen LogP contribution in [0.3, 0.4) is 0 Å². The van der Waals surface area contributed by atoms with Gasteiger partial charge in [-0.3, -0.25) is 9.78 Å². The Morgan fingerprint density at radius 2 is 2.13 bits per heavy atom. The molecule has 1 aromatic heterocycles. The average molecular weight is 337 g/mol. The summed E-state index contributed by atoms with van der Waals surface area (Å²) in [7, 11) is -3.66. The zero-order valence-electron chi connectivity index (χ0n) is 12.9. The van der Waals surface area contributed by atoms with Crippen molar-refractivity contribution in [1.29, 1.82) is 5.26 Å². The Labute approximate surface area is 135 Å². The molecule has 1 fully saturated rings. The molecule has 7 nitrogen and oxygen atoms in total. The molecule has 1 aliphatic rings. The predicted octanol–water partition coefficient (Wildman–Crippen LogP) is 1.53. The first-order valence-corrected chi connectivity index (χ1v) is 8.87. The van der Waals surface area contributed by atoms with Gasteiger partial charge in [0.15, 0.2) is 0 Å². The molecule has 0 spiro atoms. The van der Waals surface area contributed by atoms with Crippen molar-refractivity contribution in [3.63, 3.8) is 0 Å². The van der Waals surface area contributed by atoms with Crippen LogP contribution < -0.4 is 0 Å². The zero-order valence-corrected chi connectivity index (χ0v) is 13.7. The van der Waals surface area contributed by atoms with Crippen molar-refractivity contribution in [2.45, 2.75) is 37.5 Å². The van der Waals surface area contributed by atoms with Gasteiger partial charge < -0.3 is 5.11 Å². The second-order valence-electron chi connectivity index (χ2n) is 5.70. The zero-order chi connectivity index (χ0) is 17.0. The Hall–Kier alpha value is -1.98. The molecule has 2 heterocycles. The van der Waals surface area contributed by atoms with Gasteiger partial charge >= 0.3 is 5.97 Å². The van der Waals surface area contributed by atoms with Gasteiger partial charge in [0.05, 0.1) is 11.3 Å². The molecule has 1 saturated heterocycles. The van der Waals surface area contributed by atoms with Gasteiger partial charge in [-0.05, 0) is 38.2 Å². The Morgan fingerprint density at radius 3 is 2.70 bits per heavy atom. The topological polar surface area (TPSA) is 111 Å². The highest BCUT2D eigenvalue weighted by atomic mass is 32.2. The number of piperidine rings is 1. The molecule has 0 unspecified atom stereocenters. The SMILES string of the molecule is Cc1ncc(S(=O)(=O)N2CCC(CCC(=O)O)CC2)cc1C#N. The second kappa shape index (κ2) is 7.06. The number of sulfonamides is 1. The lowest BCUT2D eigenvalue weighted by Crippen LogP contribution is -2.38. The first kappa shape index (κ1) is 17.4. The fourth-order valence-corrected chi connectivity index (χ4v) is 4.13.